The van der Waals surface area contributed by atoms with Crippen LogP contribution >= 0.6 is 15.9 Å². The van der Waals surface area contributed by atoms with Gasteiger partial charge in [-0.2, -0.15) is 5.10 Å². The topological polar surface area (TPSA) is 50.1 Å². The van der Waals surface area contributed by atoms with Gasteiger partial charge in [0.1, 0.15) is 0 Å². The fraction of sp³-hybridized carbons (Fsp3) is 0.727. The molecule has 0 aliphatic rings. The van der Waals surface area contributed by atoms with Gasteiger partial charge in [0.2, 0.25) is 0 Å². The Morgan fingerprint density at radius 2 is 2.25 bits per heavy atom. The fourth-order valence-electron chi connectivity index (χ4n) is 1.60. The van der Waals surface area contributed by atoms with Crippen molar-refractivity contribution in [1.29, 1.82) is 0 Å². The highest BCUT2D eigenvalue weighted by Gasteiger charge is 2.12. The fourth-order valence-corrected chi connectivity index (χ4v) is 2.03. The Kier molecular flexibility index (Phi) is 5.44. The molecule has 0 saturated carbocycles. The maximum Gasteiger partial charge on any atom is 0.0739 e. The van der Waals surface area contributed by atoms with Gasteiger partial charge in [0, 0.05) is 25.7 Å². The summed E-state index contributed by atoms with van der Waals surface area (Å²) in [6.45, 7) is 8.02. The largest absolute Gasteiger partial charge is 0.396 e. The quantitative estimate of drug-likeness (QED) is 0.840. The van der Waals surface area contributed by atoms with Gasteiger partial charge in [-0.3, -0.25) is 4.68 Å². The van der Waals surface area contributed by atoms with Crippen LogP contribution in [0.1, 0.15) is 31.7 Å². The van der Waals surface area contributed by atoms with Gasteiger partial charge in [-0.25, -0.2) is 0 Å². The Morgan fingerprint density at radius 3 is 2.81 bits per heavy atom. The normalized spacial score (nSPS) is 13.1. The van der Waals surface area contributed by atoms with E-state index >= 15 is 0 Å². The van der Waals surface area contributed by atoms with E-state index in [1.54, 1.807) is 0 Å². The van der Waals surface area contributed by atoms with Gasteiger partial charge < -0.3 is 10.4 Å². The van der Waals surface area contributed by atoms with Crippen molar-refractivity contribution >= 4 is 15.9 Å². The predicted molar refractivity (Wildman–Crippen MR) is 68.3 cm³/mol. The lowest BCUT2D eigenvalue weighted by Crippen LogP contribution is -2.27. The van der Waals surface area contributed by atoms with Crippen LogP contribution in [-0.2, 0) is 13.1 Å². The number of nitrogens with zero attached hydrogens (tertiary/aromatic N) is 2. The van der Waals surface area contributed by atoms with Crippen LogP contribution in [0.5, 0.6) is 0 Å². The van der Waals surface area contributed by atoms with Gasteiger partial charge in [-0.05, 0) is 43.1 Å². The number of aliphatic hydroxyl groups is 1. The number of aliphatic hydroxyl groups excluding tert-OH is 1. The van der Waals surface area contributed by atoms with Crippen molar-refractivity contribution in [2.75, 3.05) is 6.61 Å². The van der Waals surface area contributed by atoms with E-state index < -0.39 is 0 Å². The van der Waals surface area contributed by atoms with Crippen LogP contribution in [0, 0.1) is 6.92 Å². The molecule has 0 fully saturated rings. The molecule has 16 heavy (non-hydrogen) atoms. The standard InChI is InChI=1S/C11H20BrN3O/c1-4-15-10(11(12)9(3)14-15)7-13-8(2)5-6-16/h8,13,16H,4-7H2,1-3H3. The Balaban J connectivity index is 2.65. The highest BCUT2D eigenvalue weighted by atomic mass is 79.9. The molecule has 1 rings (SSSR count). The molecule has 92 valence electrons. The van der Waals surface area contributed by atoms with E-state index in [1.165, 1.54) is 5.69 Å². The Hall–Kier alpha value is -0.390. The minimum Gasteiger partial charge on any atom is -0.396 e. The Bertz CT molecular complexity index is 338. The van der Waals surface area contributed by atoms with Crippen LogP contribution in [0.4, 0.5) is 0 Å². The smallest absolute Gasteiger partial charge is 0.0739 e. The molecule has 0 radical (unpaired) electrons. The van der Waals surface area contributed by atoms with Crippen LogP contribution in [0.3, 0.4) is 0 Å². The van der Waals surface area contributed by atoms with Gasteiger partial charge in [-0.15, -0.1) is 0 Å². The number of hydrogen-bond acceptors (Lipinski definition) is 3. The van der Waals surface area contributed by atoms with Crippen LogP contribution in [-0.4, -0.2) is 27.5 Å². The number of halogens is 1. The van der Waals surface area contributed by atoms with Crippen molar-refractivity contribution in [3.05, 3.63) is 15.9 Å². The lowest BCUT2D eigenvalue weighted by molar-refractivity contribution is 0.268. The first kappa shape index (κ1) is 13.7. The van der Waals surface area contributed by atoms with E-state index in [4.69, 9.17) is 5.11 Å². The molecule has 5 heteroatoms. The summed E-state index contributed by atoms with van der Waals surface area (Å²) in [5.41, 5.74) is 2.19. The summed E-state index contributed by atoms with van der Waals surface area (Å²) in [5.74, 6) is 0. The molecule has 4 nitrogen and oxygen atoms in total. The zero-order valence-corrected chi connectivity index (χ0v) is 11.7. The van der Waals surface area contributed by atoms with Crippen molar-refractivity contribution in [3.63, 3.8) is 0 Å². The van der Waals surface area contributed by atoms with Gasteiger partial charge >= 0.3 is 0 Å². The van der Waals surface area contributed by atoms with Crippen LogP contribution in [0.25, 0.3) is 0 Å². The van der Waals surface area contributed by atoms with E-state index in [1.807, 2.05) is 11.6 Å². The van der Waals surface area contributed by atoms with Crippen molar-refractivity contribution < 1.29 is 5.11 Å². The molecule has 1 atom stereocenters. The minimum absolute atomic E-state index is 0.224. The number of nitrogens with one attached hydrogen (secondary N) is 1. The maximum absolute atomic E-state index is 8.83. The third kappa shape index (κ3) is 3.30. The highest BCUT2D eigenvalue weighted by Crippen LogP contribution is 2.20. The van der Waals surface area contributed by atoms with Crippen LogP contribution in [0.15, 0.2) is 4.47 Å². The molecule has 0 amide bonds. The monoisotopic (exact) mass is 289 g/mol. The molecular weight excluding hydrogens is 270 g/mol. The third-order valence-corrected chi connectivity index (χ3v) is 3.66. The molecule has 1 aromatic heterocycles. The first-order chi connectivity index (χ1) is 7.60. The molecule has 0 saturated heterocycles. The Morgan fingerprint density at radius 1 is 1.56 bits per heavy atom. The maximum atomic E-state index is 8.83. The average molecular weight is 290 g/mol. The lowest BCUT2D eigenvalue weighted by Gasteiger charge is -2.13. The van der Waals surface area contributed by atoms with E-state index in [0.29, 0.717) is 6.04 Å². The molecule has 0 spiro atoms. The zero-order valence-electron chi connectivity index (χ0n) is 10.1. The third-order valence-electron chi connectivity index (χ3n) is 2.63. The summed E-state index contributed by atoms with van der Waals surface area (Å²) < 4.78 is 3.08. The van der Waals surface area contributed by atoms with Gasteiger partial charge in [0.05, 0.1) is 15.9 Å². The first-order valence-corrected chi connectivity index (χ1v) is 6.45. The second-order valence-corrected chi connectivity index (χ2v) is 4.75. The summed E-state index contributed by atoms with van der Waals surface area (Å²) in [5, 5.41) is 16.6. The molecule has 0 aliphatic carbocycles. The van der Waals surface area contributed by atoms with Crippen molar-refractivity contribution in [2.24, 2.45) is 0 Å². The number of rotatable bonds is 6. The van der Waals surface area contributed by atoms with Crippen LogP contribution < -0.4 is 5.32 Å². The van der Waals surface area contributed by atoms with Crippen molar-refractivity contribution in [3.8, 4) is 0 Å². The molecule has 2 N–H and O–H groups in total. The molecule has 0 aromatic carbocycles. The molecular formula is C11H20BrN3O. The second kappa shape index (κ2) is 6.37. The average Bonchev–Trinajstić information content (AvgIpc) is 2.53. The highest BCUT2D eigenvalue weighted by molar-refractivity contribution is 9.10. The molecule has 0 aliphatic heterocycles. The molecule has 0 bridgehead atoms. The van der Waals surface area contributed by atoms with Crippen LogP contribution in [0.2, 0.25) is 0 Å². The van der Waals surface area contributed by atoms with Gasteiger partial charge in [-0.1, -0.05) is 0 Å². The summed E-state index contributed by atoms with van der Waals surface area (Å²) in [6.07, 6.45) is 0.775. The molecule has 1 unspecified atom stereocenters. The summed E-state index contributed by atoms with van der Waals surface area (Å²) in [4.78, 5) is 0. The van der Waals surface area contributed by atoms with E-state index in [-0.39, 0.29) is 6.61 Å². The predicted octanol–water partition coefficient (Wildman–Crippen LogP) is 1.83. The number of aromatic nitrogens is 2. The Labute approximate surface area is 105 Å². The van der Waals surface area contributed by atoms with E-state index in [0.717, 1.165) is 29.7 Å². The molecule has 1 aromatic rings. The summed E-state index contributed by atoms with van der Waals surface area (Å²) >= 11 is 3.56. The summed E-state index contributed by atoms with van der Waals surface area (Å²) in [7, 11) is 0. The molecule has 1 heterocycles. The van der Waals surface area contributed by atoms with Gasteiger partial charge in [0.15, 0.2) is 0 Å². The SMILES string of the molecule is CCn1nc(C)c(Br)c1CNC(C)CCO. The minimum atomic E-state index is 0.224. The van der Waals surface area contributed by atoms with E-state index in [9.17, 15) is 0 Å². The second-order valence-electron chi connectivity index (χ2n) is 3.96. The first-order valence-electron chi connectivity index (χ1n) is 5.66. The van der Waals surface area contributed by atoms with E-state index in [2.05, 4.69) is 40.2 Å². The van der Waals surface area contributed by atoms with Crippen molar-refractivity contribution in [2.45, 2.75) is 46.3 Å². The van der Waals surface area contributed by atoms with Crippen molar-refractivity contribution in [1.82, 2.24) is 15.1 Å². The number of aryl methyl sites for hydroxylation is 2. The number of hydrogen-bond donors (Lipinski definition) is 2. The summed E-state index contributed by atoms with van der Waals surface area (Å²) in [6, 6.07) is 0.317. The zero-order chi connectivity index (χ0) is 12.1. The van der Waals surface area contributed by atoms with Gasteiger partial charge in [0.25, 0.3) is 0 Å². The lowest BCUT2D eigenvalue weighted by atomic mass is 10.2.